The fourth-order valence-corrected chi connectivity index (χ4v) is 4.09. The van der Waals surface area contributed by atoms with Gasteiger partial charge in [-0.2, -0.15) is 0 Å². The van der Waals surface area contributed by atoms with E-state index in [9.17, 15) is 14.0 Å². The fraction of sp³-hybridized carbons (Fsp3) is 0.680. The Balaban J connectivity index is 1.30. The van der Waals surface area contributed by atoms with Gasteiger partial charge in [0.05, 0.1) is 6.61 Å². The first kappa shape index (κ1) is 23.7. The molecule has 1 saturated heterocycles. The normalized spacial score (nSPS) is 19.4. The summed E-state index contributed by atoms with van der Waals surface area (Å²) in [5.74, 6) is 0.457. The van der Waals surface area contributed by atoms with Crippen molar-refractivity contribution in [2.24, 2.45) is 11.8 Å². The Kier molecular flexibility index (Phi) is 8.47. The lowest BCUT2D eigenvalue weighted by Crippen LogP contribution is -2.40. The number of hydrogen-bond acceptors (Lipinski definition) is 4. The van der Waals surface area contributed by atoms with Gasteiger partial charge in [0.2, 0.25) is 11.8 Å². The maximum Gasteiger partial charge on any atom is 0.229 e. The van der Waals surface area contributed by atoms with Gasteiger partial charge in [-0.1, -0.05) is 25.3 Å². The molecule has 1 saturated carbocycles. The Morgan fingerprint density at radius 2 is 1.97 bits per heavy atom. The lowest BCUT2D eigenvalue weighted by atomic mass is 9.91. The molecule has 6 heteroatoms. The topological polar surface area (TPSA) is 67.4 Å². The SMILES string of the molecule is CC(C)(CCCCCC1CCC(=O)NC1=O)NCCc1ccc(F)c(OCC2CC2)c1. The Morgan fingerprint density at radius 3 is 2.71 bits per heavy atom. The average molecular weight is 433 g/mol. The van der Waals surface area contributed by atoms with Crippen LogP contribution in [-0.4, -0.2) is 30.5 Å². The number of rotatable bonds is 13. The van der Waals surface area contributed by atoms with Crippen LogP contribution < -0.4 is 15.4 Å². The van der Waals surface area contributed by atoms with Crippen molar-refractivity contribution in [2.75, 3.05) is 13.2 Å². The molecule has 1 heterocycles. The molecule has 1 unspecified atom stereocenters. The second-order valence-electron chi connectivity index (χ2n) is 9.83. The van der Waals surface area contributed by atoms with Crippen LogP contribution >= 0.6 is 0 Å². The van der Waals surface area contributed by atoms with Crippen molar-refractivity contribution in [2.45, 2.75) is 83.6 Å². The predicted octanol–water partition coefficient (Wildman–Crippen LogP) is 4.53. The maximum atomic E-state index is 13.9. The summed E-state index contributed by atoms with van der Waals surface area (Å²) in [7, 11) is 0. The summed E-state index contributed by atoms with van der Waals surface area (Å²) in [6.45, 7) is 5.87. The summed E-state index contributed by atoms with van der Waals surface area (Å²) < 4.78 is 19.6. The smallest absolute Gasteiger partial charge is 0.229 e. The highest BCUT2D eigenvalue weighted by atomic mass is 19.1. The molecule has 0 aromatic heterocycles. The second kappa shape index (κ2) is 11.1. The zero-order valence-electron chi connectivity index (χ0n) is 19.0. The highest BCUT2D eigenvalue weighted by Gasteiger charge is 2.26. The first-order valence-corrected chi connectivity index (χ1v) is 11.8. The minimum atomic E-state index is -0.282. The van der Waals surface area contributed by atoms with Gasteiger partial charge in [-0.15, -0.1) is 0 Å². The van der Waals surface area contributed by atoms with Crippen molar-refractivity contribution < 1.29 is 18.7 Å². The molecular weight excluding hydrogens is 395 g/mol. The van der Waals surface area contributed by atoms with E-state index in [1.165, 1.54) is 18.9 Å². The first-order valence-electron chi connectivity index (χ1n) is 11.8. The Labute approximate surface area is 185 Å². The molecule has 1 aliphatic heterocycles. The van der Waals surface area contributed by atoms with Gasteiger partial charge >= 0.3 is 0 Å². The summed E-state index contributed by atoms with van der Waals surface area (Å²) in [5.41, 5.74) is 1.11. The third kappa shape index (κ3) is 8.24. The Morgan fingerprint density at radius 1 is 1.16 bits per heavy atom. The number of ether oxygens (including phenoxy) is 1. The molecule has 2 fully saturated rings. The maximum absolute atomic E-state index is 13.9. The third-order valence-electron chi connectivity index (χ3n) is 6.39. The van der Waals surface area contributed by atoms with E-state index in [-0.39, 0.29) is 29.1 Å². The van der Waals surface area contributed by atoms with E-state index in [1.807, 2.05) is 12.1 Å². The van der Waals surface area contributed by atoms with Crippen molar-refractivity contribution in [3.8, 4) is 5.75 Å². The summed E-state index contributed by atoms with van der Waals surface area (Å²) in [6.07, 6.45) is 9.49. The number of benzene rings is 1. The molecule has 2 N–H and O–H groups in total. The van der Waals surface area contributed by atoms with Gasteiger partial charge in [0.15, 0.2) is 11.6 Å². The zero-order chi connectivity index (χ0) is 22.3. The zero-order valence-corrected chi connectivity index (χ0v) is 19.0. The minimum Gasteiger partial charge on any atom is -0.490 e. The number of unbranched alkanes of at least 4 members (excludes halogenated alkanes) is 2. The van der Waals surface area contributed by atoms with Crippen LogP contribution in [0.15, 0.2) is 18.2 Å². The van der Waals surface area contributed by atoms with E-state index in [2.05, 4.69) is 24.5 Å². The number of carbonyl (C=O) groups is 2. The number of piperidine rings is 1. The predicted molar refractivity (Wildman–Crippen MR) is 119 cm³/mol. The number of amides is 2. The minimum absolute atomic E-state index is 0.00214. The van der Waals surface area contributed by atoms with Crippen molar-refractivity contribution in [1.29, 1.82) is 0 Å². The van der Waals surface area contributed by atoms with E-state index < -0.39 is 0 Å². The fourth-order valence-electron chi connectivity index (χ4n) is 4.09. The van der Waals surface area contributed by atoms with Crippen molar-refractivity contribution >= 4 is 11.8 Å². The van der Waals surface area contributed by atoms with Gasteiger partial charge < -0.3 is 10.1 Å². The average Bonchev–Trinajstić information content (AvgIpc) is 3.54. The molecule has 5 nitrogen and oxygen atoms in total. The molecule has 0 spiro atoms. The van der Waals surface area contributed by atoms with Crippen LogP contribution in [-0.2, 0) is 16.0 Å². The van der Waals surface area contributed by atoms with Crippen LogP contribution in [0.1, 0.15) is 77.2 Å². The molecule has 2 amide bonds. The summed E-state index contributed by atoms with van der Waals surface area (Å²) in [4.78, 5) is 23.0. The summed E-state index contributed by atoms with van der Waals surface area (Å²) >= 11 is 0. The molecule has 1 aromatic rings. The van der Waals surface area contributed by atoms with Crippen LogP contribution in [0.25, 0.3) is 0 Å². The Bertz CT molecular complexity index is 761. The van der Waals surface area contributed by atoms with Gasteiger partial charge in [0.25, 0.3) is 0 Å². The third-order valence-corrected chi connectivity index (χ3v) is 6.39. The molecule has 0 bridgehead atoms. The number of nitrogens with one attached hydrogen (secondary N) is 2. The van der Waals surface area contributed by atoms with Crippen molar-refractivity contribution in [3.05, 3.63) is 29.6 Å². The quantitative estimate of drug-likeness (QED) is 0.355. The lowest BCUT2D eigenvalue weighted by molar-refractivity contribution is -0.136. The second-order valence-corrected chi connectivity index (χ2v) is 9.83. The largest absolute Gasteiger partial charge is 0.490 e. The van der Waals surface area contributed by atoms with E-state index in [1.54, 1.807) is 0 Å². The first-order chi connectivity index (χ1) is 14.8. The monoisotopic (exact) mass is 432 g/mol. The van der Waals surface area contributed by atoms with Gasteiger partial charge in [-0.25, -0.2) is 4.39 Å². The van der Waals surface area contributed by atoms with Crippen LogP contribution in [0, 0.1) is 17.7 Å². The van der Waals surface area contributed by atoms with E-state index in [0.717, 1.165) is 50.6 Å². The van der Waals surface area contributed by atoms with Gasteiger partial charge in [0, 0.05) is 17.9 Å². The van der Waals surface area contributed by atoms with Crippen LogP contribution in [0.2, 0.25) is 0 Å². The highest BCUT2D eigenvalue weighted by Crippen LogP contribution is 2.30. The molecule has 172 valence electrons. The van der Waals surface area contributed by atoms with Gasteiger partial charge in [0.1, 0.15) is 0 Å². The Hall–Kier alpha value is -1.95. The molecule has 1 atom stereocenters. The highest BCUT2D eigenvalue weighted by molar-refractivity contribution is 5.98. The number of hydrogen-bond donors (Lipinski definition) is 2. The van der Waals surface area contributed by atoms with Crippen LogP contribution in [0.3, 0.4) is 0 Å². The molecule has 2 aliphatic rings. The van der Waals surface area contributed by atoms with E-state index in [0.29, 0.717) is 31.1 Å². The van der Waals surface area contributed by atoms with Gasteiger partial charge in [-0.05, 0) is 82.5 Å². The number of imide groups is 1. The molecule has 31 heavy (non-hydrogen) atoms. The van der Waals surface area contributed by atoms with Crippen molar-refractivity contribution in [3.63, 3.8) is 0 Å². The lowest BCUT2D eigenvalue weighted by Gasteiger charge is -2.27. The van der Waals surface area contributed by atoms with Crippen LogP contribution in [0.5, 0.6) is 5.75 Å². The van der Waals surface area contributed by atoms with Crippen molar-refractivity contribution in [1.82, 2.24) is 10.6 Å². The molecular formula is C25H37FN2O3. The number of carbonyl (C=O) groups excluding carboxylic acids is 2. The molecule has 0 radical (unpaired) electrons. The molecule has 1 aromatic carbocycles. The molecule has 1 aliphatic carbocycles. The molecule has 3 rings (SSSR count). The van der Waals surface area contributed by atoms with Crippen LogP contribution in [0.4, 0.5) is 4.39 Å². The van der Waals surface area contributed by atoms with E-state index >= 15 is 0 Å². The van der Waals surface area contributed by atoms with Gasteiger partial charge in [-0.3, -0.25) is 14.9 Å². The number of halogens is 1. The summed E-state index contributed by atoms with van der Waals surface area (Å²) in [5, 5.41) is 6.05. The summed E-state index contributed by atoms with van der Waals surface area (Å²) in [6, 6.07) is 5.18. The standard InChI is InChI=1S/C25H37FN2O3/c1-25(2,14-5-3-4-6-20-10-12-23(29)28-24(20)30)27-15-13-18-9-11-21(26)22(16-18)31-17-19-7-8-19/h9,11,16,19-20,27H,3-8,10,12-15,17H2,1-2H3,(H,28,29,30). The van der Waals surface area contributed by atoms with E-state index in [4.69, 9.17) is 4.74 Å².